The van der Waals surface area contributed by atoms with Crippen molar-refractivity contribution in [2.24, 2.45) is 10.9 Å². The van der Waals surface area contributed by atoms with E-state index in [0.717, 1.165) is 51.5 Å². The maximum absolute atomic E-state index is 12.2. The first-order valence-electron chi connectivity index (χ1n) is 10.4. The van der Waals surface area contributed by atoms with Crippen LogP contribution in [0.3, 0.4) is 0 Å². The number of piperazine rings is 1. The van der Waals surface area contributed by atoms with Crippen molar-refractivity contribution in [2.75, 3.05) is 50.7 Å². The van der Waals surface area contributed by atoms with E-state index in [-0.39, 0.29) is 35.8 Å². The van der Waals surface area contributed by atoms with Crippen LogP contribution in [0.1, 0.15) is 39.0 Å². The van der Waals surface area contributed by atoms with Crippen LogP contribution in [0, 0.1) is 5.92 Å². The predicted molar refractivity (Wildman–Crippen MR) is 129 cm³/mol. The van der Waals surface area contributed by atoms with Crippen molar-refractivity contribution in [1.29, 1.82) is 0 Å². The zero-order valence-corrected chi connectivity index (χ0v) is 20.0. The molecule has 0 atom stereocenters. The van der Waals surface area contributed by atoms with Crippen LogP contribution in [0.2, 0.25) is 0 Å². The van der Waals surface area contributed by atoms with Crippen LogP contribution in [-0.2, 0) is 4.79 Å². The number of nitrogens with one attached hydrogen (secondary N) is 2. The smallest absolute Gasteiger partial charge is 0.223 e. The van der Waals surface area contributed by atoms with Crippen LogP contribution in [-0.4, -0.2) is 62.6 Å². The molecule has 1 aromatic rings. The standard InChI is InChI=1S/C20H33N5OS.HI/c1-2-21-20(23-11-10-22-19(26)17-7-4-3-5-8-17)25-14-12-24(13-15-25)18-9-6-16-27-18;/h6,9,16-17H,2-5,7-8,10-15H2,1H3,(H,21,23)(H,22,26);1H. The highest BCUT2D eigenvalue weighted by molar-refractivity contribution is 14.0. The number of guanidine groups is 1. The molecule has 0 aromatic carbocycles. The van der Waals surface area contributed by atoms with Crippen molar-refractivity contribution in [2.45, 2.75) is 39.0 Å². The molecule has 1 saturated heterocycles. The Hall–Kier alpha value is -1.03. The molecule has 2 heterocycles. The van der Waals surface area contributed by atoms with Gasteiger partial charge in [-0.25, -0.2) is 0 Å². The molecule has 0 radical (unpaired) electrons. The van der Waals surface area contributed by atoms with E-state index in [1.807, 2.05) is 0 Å². The van der Waals surface area contributed by atoms with E-state index in [4.69, 9.17) is 4.99 Å². The van der Waals surface area contributed by atoms with E-state index in [2.05, 4.69) is 44.9 Å². The Bertz CT molecular complexity index is 596. The van der Waals surface area contributed by atoms with Crippen LogP contribution in [0.4, 0.5) is 5.00 Å². The van der Waals surface area contributed by atoms with Crippen molar-refractivity contribution in [1.82, 2.24) is 15.5 Å². The Morgan fingerprint density at radius 3 is 2.57 bits per heavy atom. The zero-order chi connectivity index (χ0) is 18.9. The summed E-state index contributed by atoms with van der Waals surface area (Å²) in [6, 6.07) is 4.30. The minimum Gasteiger partial charge on any atom is -0.360 e. The lowest BCUT2D eigenvalue weighted by atomic mass is 9.89. The summed E-state index contributed by atoms with van der Waals surface area (Å²) in [7, 11) is 0. The number of rotatable bonds is 6. The van der Waals surface area contributed by atoms with E-state index < -0.39 is 0 Å². The number of amides is 1. The highest BCUT2D eigenvalue weighted by Crippen LogP contribution is 2.23. The fraction of sp³-hybridized carbons (Fsp3) is 0.700. The van der Waals surface area contributed by atoms with Crippen LogP contribution < -0.4 is 15.5 Å². The first-order chi connectivity index (χ1) is 13.3. The predicted octanol–water partition coefficient (Wildman–Crippen LogP) is 3.15. The highest BCUT2D eigenvalue weighted by Gasteiger charge is 2.21. The summed E-state index contributed by atoms with van der Waals surface area (Å²) in [5.74, 6) is 1.41. The van der Waals surface area contributed by atoms with Gasteiger partial charge in [-0.05, 0) is 37.3 Å². The maximum atomic E-state index is 12.2. The molecule has 1 amide bonds. The molecule has 3 rings (SSSR count). The average molecular weight is 519 g/mol. The fourth-order valence-corrected chi connectivity index (χ4v) is 4.65. The molecular weight excluding hydrogens is 485 g/mol. The molecule has 2 fully saturated rings. The molecule has 0 unspecified atom stereocenters. The summed E-state index contributed by atoms with van der Waals surface area (Å²) >= 11 is 1.80. The zero-order valence-electron chi connectivity index (χ0n) is 16.9. The van der Waals surface area contributed by atoms with Gasteiger partial charge >= 0.3 is 0 Å². The Morgan fingerprint density at radius 2 is 1.93 bits per heavy atom. The van der Waals surface area contributed by atoms with Gasteiger partial charge in [0.15, 0.2) is 5.96 Å². The van der Waals surface area contributed by atoms with Gasteiger partial charge < -0.3 is 20.4 Å². The average Bonchev–Trinajstić information content (AvgIpc) is 3.26. The van der Waals surface area contributed by atoms with Gasteiger partial charge in [0.05, 0.1) is 11.5 Å². The number of anilines is 1. The molecule has 1 saturated carbocycles. The van der Waals surface area contributed by atoms with Crippen molar-refractivity contribution in [3.63, 3.8) is 0 Å². The summed E-state index contributed by atoms with van der Waals surface area (Å²) in [6.45, 7) is 8.19. The molecule has 2 N–H and O–H groups in total. The maximum Gasteiger partial charge on any atom is 0.223 e. The van der Waals surface area contributed by atoms with Gasteiger partial charge in [0.1, 0.15) is 0 Å². The first-order valence-corrected chi connectivity index (χ1v) is 11.3. The second-order valence-corrected chi connectivity index (χ2v) is 8.21. The minimum atomic E-state index is 0. The lowest BCUT2D eigenvalue weighted by molar-refractivity contribution is -0.125. The Kier molecular flexibility index (Phi) is 10.4. The van der Waals surface area contributed by atoms with Gasteiger partial charge in [-0.1, -0.05) is 19.3 Å². The van der Waals surface area contributed by atoms with Gasteiger partial charge in [-0.2, -0.15) is 0 Å². The highest BCUT2D eigenvalue weighted by atomic mass is 127. The van der Waals surface area contributed by atoms with E-state index in [1.54, 1.807) is 11.3 Å². The third kappa shape index (κ3) is 6.79. The van der Waals surface area contributed by atoms with E-state index in [0.29, 0.717) is 13.1 Å². The number of thiophene rings is 1. The minimum absolute atomic E-state index is 0. The molecule has 1 aliphatic heterocycles. The number of carbonyl (C=O) groups is 1. The molecular formula is C20H34IN5OS. The summed E-state index contributed by atoms with van der Waals surface area (Å²) in [5, 5.41) is 9.96. The third-order valence-corrected chi connectivity index (χ3v) is 6.31. The fourth-order valence-electron chi connectivity index (χ4n) is 3.86. The van der Waals surface area contributed by atoms with Crippen molar-refractivity contribution in [3.8, 4) is 0 Å². The van der Waals surface area contributed by atoms with Crippen molar-refractivity contribution >= 4 is 52.2 Å². The van der Waals surface area contributed by atoms with Crippen LogP contribution in [0.25, 0.3) is 0 Å². The summed E-state index contributed by atoms with van der Waals surface area (Å²) < 4.78 is 0. The topological polar surface area (TPSA) is 60.0 Å². The first kappa shape index (κ1) is 23.3. The molecule has 28 heavy (non-hydrogen) atoms. The van der Waals surface area contributed by atoms with E-state index in [9.17, 15) is 4.79 Å². The number of aliphatic imine (C=N–C) groups is 1. The van der Waals surface area contributed by atoms with Gasteiger partial charge in [0.2, 0.25) is 5.91 Å². The summed E-state index contributed by atoms with van der Waals surface area (Å²) in [5.41, 5.74) is 0. The lowest BCUT2D eigenvalue weighted by Crippen LogP contribution is -2.52. The molecule has 8 heteroatoms. The normalized spacial score (nSPS) is 18.5. The lowest BCUT2D eigenvalue weighted by Gasteiger charge is -2.37. The van der Waals surface area contributed by atoms with Crippen LogP contribution in [0.15, 0.2) is 22.5 Å². The number of nitrogens with zero attached hydrogens (tertiary/aromatic N) is 3. The summed E-state index contributed by atoms with van der Waals surface area (Å²) in [4.78, 5) is 21.7. The van der Waals surface area contributed by atoms with Gasteiger partial charge in [0, 0.05) is 45.2 Å². The number of halogens is 1. The van der Waals surface area contributed by atoms with Crippen molar-refractivity contribution < 1.29 is 4.79 Å². The molecule has 158 valence electrons. The molecule has 6 nitrogen and oxygen atoms in total. The quantitative estimate of drug-likeness (QED) is 0.263. The van der Waals surface area contributed by atoms with Gasteiger partial charge in [-0.15, -0.1) is 35.3 Å². The van der Waals surface area contributed by atoms with E-state index in [1.165, 1.54) is 24.3 Å². The van der Waals surface area contributed by atoms with Gasteiger partial charge in [0.25, 0.3) is 0 Å². The molecule has 0 spiro atoms. The van der Waals surface area contributed by atoms with Crippen LogP contribution >= 0.6 is 35.3 Å². The van der Waals surface area contributed by atoms with E-state index >= 15 is 0 Å². The molecule has 1 aliphatic carbocycles. The summed E-state index contributed by atoms with van der Waals surface area (Å²) in [6.07, 6.45) is 5.76. The largest absolute Gasteiger partial charge is 0.360 e. The molecule has 0 bridgehead atoms. The number of hydrogen-bond acceptors (Lipinski definition) is 4. The number of hydrogen-bond donors (Lipinski definition) is 2. The Labute approximate surface area is 190 Å². The van der Waals surface area contributed by atoms with Crippen LogP contribution in [0.5, 0.6) is 0 Å². The monoisotopic (exact) mass is 519 g/mol. The second kappa shape index (κ2) is 12.5. The Morgan fingerprint density at radius 1 is 1.18 bits per heavy atom. The number of carbonyl (C=O) groups excluding carboxylic acids is 1. The SMILES string of the molecule is CCNC(=NCCNC(=O)C1CCCCC1)N1CCN(c2cccs2)CC1.I. The second-order valence-electron chi connectivity index (χ2n) is 7.29. The molecule has 2 aliphatic rings. The van der Waals surface area contributed by atoms with Crippen molar-refractivity contribution in [3.05, 3.63) is 17.5 Å². The third-order valence-electron chi connectivity index (χ3n) is 5.38. The molecule has 1 aromatic heterocycles. The van der Waals surface area contributed by atoms with Gasteiger partial charge in [-0.3, -0.25) is 9.79 Å². The Balaban J connectivity index is 0.00000280.